The monoisotopic (exact) mass is 426 g/mol. The molecule has 7 rings (SSSR count). The maximum absolute atomic E-state index is 2.53. The lowest BCUT2D eigenvalue weighted by molar-refractivity contribution is 1.18. The van der Waals surface area contributed by atoms with Crippen LogP contribution >= 0.6 is 0 Å². The van der Waals surface area contributed by atoms with Crippen molar-refractivity contribution in [2.24, 2.45) is 0 Å². The molecule has 30 heavy (non-hydrogen) atoms. The zero-order valence-corrected chi connectivity index (χ0v) is 20.9. The molecule has 0 unspecified atom stereocenters. The van der Waals surface area contributed by atoms with E-state index in [1.807, 2.05) is 0 Å². The molecule has 0 aliphatic carbocycles. The number of rotatable bonds is 0. The molecule has 0 N–H and O–H groups in total. The molecule has 0 saturated carbocycles. The Balaban J connectivity index is 1.68. The van der Waals surface area contributed by atoms with Gasteiger partial charge in [-0.3, -0.25) is 0 Å². The second-order valence-electron chi connectivity index (χ2n) is 10.7. The lowest BCUT2D eigenvalue weighted by Crippen LogP contribution is -2.33. The summed E-state index contributed by atoms with van der Waals surface area (Å²) in [7, 11) is -2.68. The molecule has 2 heteroatoms. The molecule has 4 heterocycles. The first-order chi connectivity index (χ1) is 14.3. The zero-order chi connectivity index (χ0) is 21.2. The molecule has 0 nitrogen and oxygen atoms in total. The normalized spacial score (nSPS) is 18.9. The molecule has 0 spiro atoms. The third-order valence-corrected chi connectivity index (χ3v) is 11.6. The van der Waals surface area contributed by atoms with Crippen LogP contribution in [0.1, 0.15) is 33.4 Å². The van der Waals surface area contributed by atoms with Gasteiger partial charge in [-0.25, -0.2) is 0 Å². The van der Waals surface area contributed by atoms with Gasteiger partial charge in [-0.15, -0.1) is 0 Å². The average molecular weight is 427 g/mol. The first kappa shape index (κ1) is 21.1. The van der Waals surface area contributed by atoms with E-state index in [0.29, 0.717) is 0 Å². The quantitative estimate of drug-likeness (QED) is 0.330. The third kappa shape index (κ3) is 5.71. The Kier molecular flexibility index (Phi) is 5.99. The molecule has 4 aliphatic rings. The van der Waals surface area contributed by atoms with Gasteiger partial charge < -0.3 is 0 Å². The maximum atomic E-state index is 2.53. The van der Waals surface area contributed by atoms with E-state index in [0.717, 1.165) is 0 Å². The summed E-state index contributed by atoms with van der Waals surface area (Å²) in [5.41, 5.74) is 8.54. The predicted octanol–water partition coefficient (Wildman–Crippen LogP) is 7.31. The molecule has 154 valence electrons. The van der Waals surface area contributed by atoms with Gasteiger partial charge in [0.25, 0.3) is 0 Å². The molecule has 6 bridgehead atoms. The van der Waals surface area contributed by atoms with Crippen molar-refractivity contribution >= 4 is 28.3 Å². The molecular formula is C28H34Si2. The van der Waals surface area contributed by atoms with Gasteiger partial charge in [0, 0.05) is 0 Å². The van der Waals surface area contributed by atoms with Crippen molar-refractivity contribution in [2.75, 3.05) is 0 Å². The van der Waals surface area contributed by atoms with Gasteiger partial charge in [-0.2, -0.15) is 0 Å². The molecular weight excluding hydrogens is 392 g/mol. The molecule has 3 aromatic carbocycles. The van der Waals surface area contributed by atoms with Crippen LogP contribution in [-0.4, -0.2) is 16.1 Å². The van der Waals surface area contributed by atoms with Crippen LogP contribution in [0.5, 0.6) is 0 Å². The van der Waals surface area contributed by atoms with E-state index in [2.05, 4.69) is 111 Å². The van der Waals surface area contributed by atoms with Gasteiger partial charge in [0.15, 0.2) is 0 Å². The fourth-order valence-electron chi connectivity index (χ4n) is 4.80. The highest BCUT2D eigenvalue weighted by molar-refractivity contribution is 6.76. The molecule has 3 aromatic rings. The highest BCUT2D eigenvalue weighted by Crippen LogP contribution is 2.22. The number of fused-ring (bicyclic) bond motifs is 3. The summed E-state index contributed by atoms with van der Waals surface area (Å²) in [4.78, 5) is 0. The van der Waals surface area contributed by atoms with E-state index in [1.54, 1.807) is 0 Å². The second-order valence-corrected chi connectivity index (χ2v) is 20.7. The number of hydrogen-bond acceptors (Lipinski definition) is 0. The van der Waals surface area contributed by atoms with Crippen LogP contribution in [0.3, 0.4) is 0 Å². The summed E-state index contributed by atoms with van der Waals surface area (Å²) in [6, 6.07) is 32.9. The van der Waals surface area contributed by atoms with Crippen LogP contribution in [0.2, 0.25) is 26.2 Å². The highest BCUT2D eigenvalue weighted by Gasteiger charge is 2.23. The van der Waals surface area contributed by atoms with E-state index in [1.165, 1.54) is 57.6 Å². The van der Waals surface area contributed by atoms with Crippen molar-refractivity contribution in [3.63, 3.8) is 0 Å². The van der Waals surface area contributed by atoms with Crippen molar-refractivity contribution in [2.45, 2.75) is 50.4 Å². The molecule has 0 amide bonds. The molecule has 0 fully saturated rings. The first-order valence-electron chi connectivity index (χ1n) is 11.2. The van der Waals surface area contributed by atoms with Crippen molar-refractivity contribution < 1.29 is 0 Å². The van der Waals surface area contributed by atoms with E-state index >= 15 is 0 Å². The topological polar surface area (TPSA) is 0 Å². The Bertz CT molecular complexity index is 923. The third-order valence-electron chi connectivity index (χ3n) is 6.18. The fraction of sp³-hybridized carbons (Fsp3) is 0.286. The van der Waals surface area contributed by atoms with Gasteiger partial charge in [0.1, 0.15) is 0 Å². The summed E-state index contributed by atoms with van der Waals surface area (Å²) in [6.45, 7) is 10.1. The van der Waals surface area contributed by atoms with Crippen LogP contribution < -0.4 is 0 Å². The van der Waals surface area contributed by atoms with Gasteiger partial charge in [0.05, 0.1) is 16.1 Å². The number of hydrogen-bond donors (Lipinski definition) is 0. The van der Waals surface area contributed by atoms with Crippen LogP contribution in [0.15, 0.2) is 72.8 Å². The maximum Gasteiger partial charge on any atom is 0.0561 e. The van der Waals surface area contributed by atoms with Crippen LogP contribution in [0, 0.1) is 0 Å². The largest absolute Gasteiger partial charge is 0.0689 e. The van der Waals surface area contributed by atoms with Crippen molar-refractivity contribution in [3.05, 3.63) is 106 Å². The summed E-state index contributed by atoms with van der Waals surface area (Å²) in [6.07, 6.45) is 4.47. The van der Waals surface area contributed by atoms with Crippen molar-refractivity contribution in [3.8, 4) is 0 Å². The Hall–Kier alpha value is -2.17. The van der Waals surface area contributed by atoms with Gasteiger partial charge in [-0.1, -0.05) is 133 Å². The summed E-state index contributed by atoms with van der Waals surface area (Å²) in [5, 5.41) is 0. The smallest absolute Gasteiger partial charge is 0.0561 e. The minimum absolute atomic E-state index is 1.24. The molecule has 0 radical (unpaired) electrons. The van der Waals surface area contributed by atoms with E-state index in [9.17, 15) is 0 Å². The van der Waals surface area contributed by atoms with Crippen molar-refractivity contribution in [1.29, 1.82) is 0 Å². The minimum Gasteiger partial charge on any atom is -0.0689 e. The Morgan fingerprint density at radius 3 is 0.900 bits per heavy atom. The van der Waals surface area contributed by atoms with Gasteiger partial charge in [-0.05, 0) is 35.3 Å². The lowest BCUT2D eigenvalue weighted by Gasteiger charge is -2.24. The Morgan fingerprint density at radius 1 is 0.400 bits per heavy atom. The van der Waals surface area contributed by atoms with Crippen LogP contribution in [-0.2, 0) is 24.2 Å². The van der Waals surface area contributed by atoms with Crippen LogP contribution in [0.4, 0.5) is 0 Å². The lowest BCUT2D eigenvalue weighted by atomic mass is 10.1. The standard InChI is InChI=1S/C28H34Si2/c1-29(2)19-25-11-7-23(8-12-25)5-6-24-9-13-26(14-10-24)20-30(3,4)22-28-17-15-27(21-29)16-18-28/h5-18H,19-22H2,1-4H3/b6-5-. The summed E-state index contributed by atoms with van der Waals surface area (Å²) < 4.78 is 0. The van der Waals surface area contributed by atoms with E-state index < -0.39 is 16.1 Å². The van der Waals surface area contributed by atoms with Crippen molar-refractivity contribution in [1.82, 2.24) is 0 Å². The SMILES string of the molecule is C[Si]1(C)Cc2ccc(cc2)/C=C\c2ccc(cc2)C[Si](C)(C)Cc2ccc(cc2)C1. The number of benzene rings is 3. The highest BCUT2D eigenvalue weighted by atomic mass is 28.3. The zero-order valence-electron chi connectivity index (χ0n) is 18.9. The predicted molar refractivity (Wildman–Crippen MR) is 138 cm³/mol. The fourth-order valence-corrected chi connectivity index (χ4v) is 10.4. The molecule has 0 aromatic heterocycles. The Labute approximate surface area is 184 Å². The summed E-state index contributed by atoms with van der Waals surface area (Å²) >= 11 is 0. The average Bonchev–Trinajstić information content (AvgIpc) is 2.68. The Morgan fingerprint density at radius 2 is 0.633 bits per heavy atom. The second kappa shape index (κ2) is 8.52. The van der Waals surface area contributed by atoms with Crippen LogP contribution in [0.25, 0.3) is 12.2 Å². The van der Waals surface area contributed by atoms with Gasteiger partial charge in [0.2, 0.25) is 0 Å². The summed E-state index contributed by atoms with van der Waals surface area (Å²) in [5.74, 6) is 0. The van der Waals surface area contributed by atoms with E-state index in [4.69, 9.17) is 0 Å². The molecule has 0 saturated heterocycles. The van der Waals surface area contributed by atoms with Gasteiger partial charge >= 0.3 is 0 Å². The van der Waals surface area contributed by atoms with E-state index in [-0.39, 0.29) is 0 Å². The minimum atomic E-state index is -1.34. The first-order valence-corrected chi connectivity index (χ1v) is 18.0. The molecule has 4 aliphatic heterocycles. The molecule has 0 atom stereocenters.